The zero-order valence-electron chi connectivity index (χ0n) is 20.1. The number of carbonyl (C=O) groups excluding carboxylic acids is 1. The van der Waals surface area contributed by atoms with Crippen molar-refractivity contribution >= 4 is 11.6 Å². The third-order valence-corrected chi connectivity index (χ3v) is 6.85. The van der Waals surface area contributed by atoms with Crippen molar-refractivity contribution in [3.8, 4) is 0 Å². The smallest absolute Gasteiger partial charge is 0.269 e. The summed E-state index contributed by atoms with van der Waals surface area (Å²) in [6, 6.07) is 6.98. The third kappa shape index (κ3) is 9.57. The Labute approximate surface area is 204 Å². The highest BCUT2D eigenvalue weighted by Gasteiger charge is 2.33. The summed E-state index contributed by atoms with van der Waals surface area (Å²) in [4.78, 5) is 25.4. The van der Waals surface area contributed by atoms with E-state index >= 15 is 0 Å². The summed E-state index contributed by atoms with van der Waals surface area (Å²) in [6.07, 6.45) is 12.1. The lowest BCUT2D eigenvalue weighted by Crippen LogP contribution is -3.00. The first-order valence-electron chi connectivity index (χ1n) is 12.4. The van der Waals surface area contributed by atoms with E-state index in [4.69, 9.17) is 0 Å². The van der Waals surface area contributed by atoms with Gasteiger partial charge in [0.15, 0.2) is 0 Å². The van der Waals surface area contributed by atoms with E-state index in [1.165, 1.54) is 44.9 Å². The molecular formula is C25H42BrN3O3. The van der Waals surface area contributed by atoms with Gasteiger partial charge in [0.1, 0.15) is 6.54 Å². The summed E-state index contributed by atoms with van der Waals surface area (Å²) in [5.41, 5.74) is 1.16. The van der Waals surface area contributed by atoms with Crippen molar-refractivity contribution < 1.29 is 31.2 Å². The maximum Gasteiger partial charge on any atom is 0.269 e. The highest BCUT2D eigenvalue weighted by molar-refractivity contribution is 5.76. The Bertz CT molecular complexity index is 691. The van der Waals surface area contributed by atoms with Gasteiger partial charge in [-0.05, 0) is 13.3 Å². The van der Waals surface area contributed by atoms with Gasteiger partial charge in [-0.15, -0.1) is 0 Å². The zero-order valence-corrected chi connectivity index (χ0v) is 21.7. The number of carbonyl (C=O) groups is 1. The lowest BCUT2D eigenvalue weighted by molar-refractivity contribution is -0.942. The number of non-ortho nitro benzene ring substituents is 1. The number of likely N-dealkylation sites (N-methyl/N-ethyl adjacent to an activating group) is 1. The molecule has 1 amide bonds. The second kappa shape index (κ2) is 15.4. The number of halogens is 1. The second-order valence-corrected chi connectivity index (χ2v) is 9.15. The molecule has 1 heterocycles. The van der Waals surface area contributed by atoms with E-state index in [0.29, 0.717) is 12.3 Å². The number of rotatable bonds is 14. The zero-order chi connectivity index (χ0) is 22.5. The second-order valence-electron chi connectivity index (χ2n) is 9.15. The molecule has 0 N–H and O–H groups in total. The van der Waals surface area contributed by atoms with E-state index in [2.05, 4.69) is 13.8 Å². The van der Waals surface area contributed by atoms with Crippen molar-refractivity contribution in [2.45, 2.75) is 84.6 Å². The standard InChI is InChI=1S/C25H42N3O3.BrH/c1-3-5-6-7-8-9-10-11-12-16-25(29)26-17-19-28(4-2,20-18-26)22-23-14-13-15-24(21-23)27(30)31;/h13-15,21H,3-12,16-20,22H2,1-2H3;1H/q+1;/p-1. The van der Waals surface area contributed by atoms with Crippen molar-refractivity contribution in [2.75, 3.05) is 32.7 Å². The molecule has 0 spiro atoms. The number of piperazine rings is 1. The fourth-order valence-electron chi connectivity index (χ4n) is 4.63. The molecule has 1 saturated heterocycles. The fraction of sp³-hybridized carbons (Fsp3) is 0.720. The van der Waals surface area contributed by atoms with Crippen molar-refractivity contribution in [2.24, 2.45) is 0 Å². The van der Waals surface area contributed by atoms with Crippen molar-refractivity contribution in [3.63, 3.8) is 0 Å². The van der Waals surface area contributed by atoms with Crippen molar-refractivity contribution in [1.29, 1.82) is 0 Å². The number of benzene rings is 1. The molecule has 6 nitrogen and oxygen atoms in total. The van der Waals surface area contributed by atoms with Crippen LogP contribution in [0.15, 0.2) is 24.3 Å². The van der Waals surface area contributed by atoms with Gasteiger partial charge in [-0.2, -0.15) is 0 Å². The molecule has 0 atom stereocenters. The lowest BCUT2D eigenvalue weighted by atomic mass is 10.1. The van der Waals surface area contributed by atoms with E-state index in [1.807, 2.05) is 11.0 Å². The molecule has 0 aliphatic carbocycles. The van der Waals surface area contributed by atoms with Gasteiger partial charge in [0.2, 0.25) is 5.91 Å². The first kappa shape index (κ1) is 28.6. The van der Waals surface area contributed by atoms with Crippen LogP contribution in [0.25, 0.3) is 0 Å². The number of quaternary nitrogens is 1. The number of hydrogen-bond donors (Lipinski definition) is 0. The van der Waals surface area contributed by atoms with E-state index in [1.54, 1.807) is 18.2 Å². The predicted octanol–water partition coefficient (Wildman–Crippen LogP) is 2.70. The molecule has 0 radical (unpaired) electrons. The van der Waals surface area contributed by atoms with Crippen molar-refractivity contribution in [3.05, 3.63) is 39.9 Å². The molecule has 1 aromatic rings. The van der Waals surface area contributed by atoms with Gasteiger partial charge in [-0.1, -0.05) is 70.4 Å². The van der Waals surface area contributed by atoms with Gasteiger partial charge >= 0.3 is 0 Å². The van der Waals surface area contributed by atoms with Crippen LogP contribution in [0, 0.1) is 10.1 Å². The Morgan fingerprint density at radius 1 is 1.00 bits per heavy atom. The largest absolute Gasteiger partial charge is 1.00 e. The average Bonchev–Trinajstić information content (AvgIpc) is 2.78. The number of unbranched alkanes of at least 4 members (excludes halogenated alkanes) is 8. The Balaban J connectivity index is 0.00000512. The molecule has 32 heavy (non-hydrogen) atoms. The Kier molecular flexibility index (Phi) is 13.7. The minimum atomic E-state index is -0.330. The van der Waals surface area contributed by atoms with Crippen molar-refractivity contribution in [1.82, 2.24) is 4.90 Å². The monoisotopic (exact) mass is 511 g/mol. The molecule has 7 heteroatoms. The normalized spacial score (nSPS) is 15.2. The third-order valence-electron chi connectivity index (χ3n) is 6.85. The Morgan fingerprint density at radius 3 is 2.16 bits per heavy atom. The molecule has 1 fully saturated rings. The van der Waals surface area contributed by atoms with Crippen LogP contribution in [0.4, 0.5) is 5.69 Å². The molecule has 1 aliphatic rings. The number of nitro benzene ring substituents is 1. The Hall–Kier alpha value is -1.47. The minimum Gasteiger partial charge on any atom is -1.00 e. The molecule has 1 aliphatic heterocycles. The summed E-state index contributed by atoms with van der Waals surface area (Å²) in [5, 5.41) is 11.1. The fourth-order valence-corrected chi connectivity index (χ4v) is 4.63. The molecule has 0 unspecified atom stereocenters. The molecule has 0 saturated carbocycles. The number of nitrogens with zero attached hydrogens (tertiary/aromatic N) is 3. The summed E-state index contributed by atoms with van der Waals surface area (Å²) in [7, 11) is 0. The maximum absolute atomic E-state index is 12.6. The predicted molar refractivity (Wildman–Crippen MR) is 126 cm³/mol. The van der Waals surface area contributed by atoms with Crippen LogP contribution in [-0.2, 0) is 11.3 Å². The number of hydrogen-bond acceptors (Lipinski definition) is 3. The topological polar surface area (TPSA) is 63.5 Å². The molecule has 182 valence electrons. The summed E-state index contributed by atoms with van der Waals surface area (Å²) in [6.45, 7) is 9.61. The molecule has 0 bridgehead atoms. The number of nitro groups is 1. The average molecular weight is 513 g/mol. The van der Waals surface area contributed by atoms with E-state index in [-0.39, 0.29) is 27.6 Å². The first-order chi connectivity index (χ1) is 15.0. The van der Waals surface area contributed by atoms with Gasteiger partial charge in [-0.3, -0.25) is 14.9 Å². The van der Waals surface area contributed by atoms with Gasteiger partial charge in [0.25, 0.3) is 5.69 Å². The highest BCUT2D eigenvalue weighted by Crippen LogP contribution is 2.22. The van der Waals surface area contributed by atoms with Gasteiger partial charge in [0, 0.05) is 24.1 Å². The Morgan fingerprint density at radius 2 is 1.59 bits per heavy atom. The van der Waals surface area contributed by atoms with E-state index in [9.17, 15) is 14.9 Å². The van der Waals surface area contributed by atoms with Crippen LogP contribution in [0.1, 0.15) is 83.6 Å². The molecule has 1 aromatic carbocycles. The van der Waals surface area contributed by atoms with Gasteiger partial charge in [0.05, 0.1) is 37.6 Å². The molecule has 0 aromatic heterocycles. The lowest BCUT2D eigenvalue weighted by Gasteiger charge is -2.44. The maximum atomic E-state index is 12.6. The van der Waals surface area contributed by atoms with E-state index in [0.717, 1.165) is 62.2 Å². The van der Waals surface area contributed by atoms with E-state index < -0.39 is 0 Å². The SMILES string of the molecule is CCCCCCCCCCCC(=O)N1CC[N+](CC)(Cc2cccc([N+](=O)[O-])c2)CC1.[Br-]. The van der Waals surface area contributed by atoms with Crippen LogP contribution in [0.5, 0.6) is 0 Å². The van der Waals surface area contributed by atoms with Crippen LogP contribution in [-0.4, -0.2) is 52.9 Å². The van der Waals surface area contributed by atoms with Gasteiger partial charge in [-0.25, -0.2) is 0 Å². The van der Waals surface area contributed by atoms with Crippen LogP contribution >= 0.6 is 0 Å². The van der Waals surface area contributed by atoms with Crippen LogP contribution < -0.4 is 17.0 Å². The summed E-state index contributed by atoms with van der Waals surface area (Å²) < 4.78 is 0.892. The first-order valence-corrected chi connectivity index (χ1v) is 12.4. The van der Waals surface area contributed by atoms with Crippen LogP contribution in [0.3, 0.4) is 0 Å². The minimum absolute atomic E-state index is 0. The number of amides is 1. The molecular weight excluding hydrogens is 470 g/mol. The quantitative estimate of drug-likeness (QED) is 0.167. The van der Waals surface area contributed by atoms with Crippen LogP contribution in [0.2, 0.25) is 0 Å². The summed E-state index contributed by atoms with van der Waals surface area (Å²) >= 11 is 0. The molecule has 2 rings (SSSR count). The summed E-state index contributed by atoms with van der Waals surface area (Å²) in [5.74, 6) is 0.298. The van der Waals surface area contributed by atoms with Gasteiger partial charge < -0.3 is 26.4 Å². The highest BCUT2D eigenvalue weighted by atomic mass is 79.9.